The van der Waals surface area contributed by atoms with Gasteiger partial charge in [0.25, 0.3) is 0 Å². The first-order valence-electron chi connectivity index (χ1n) is 6.54. The lowest BCUT2D eigenvalue weighted by atomic mass is 10.2. The number of rotatable bonds is 5. The lowest BCUT2D eigenvalue weighted by Crippen LogP contribution is -2.24. The maximum atomic E-state index is 12.8. The van der Waals surface area contributed by atoms with Crippen LogP contribution in [0, 0.1) is 12.7 Å². The molecule has 0 fully saturated rings. The van der Waals surface area contributed by atoms with E-state index in [1.807, 2.05) is 25.1 Å². The van der Waals surface area contributed by atoms with E-state index in [1.165, 1.54) is 23.9 Å². The van der Waals surface area contributed by atoms with Gasteiger partial charge in [-0.1, -0.05) is 18.2 Å². The number of thioether (sulfide) groups is 1. The number of hydrogen-bond acceptors (Lipinski definition) is 3. The highest BCUT2D eigenvalue weighted by Crippen LogP contribution is 2.25. The molecule has 2 aromatic carbocycles. The fourth-order valence-electron chi connectivity index (χ4n) is 1.76. The molecule has 0 saturated heterocycles. The molecule has 0 spiro atoms. The third-order valence-electron chi connectivity index (χ3n) is 2.93. The SMILES string of the molecule is Cc1ccc(N)c(SCC(=O)NCc2ccc(F)cc2)c1. The number of benzene rings is 2. The molecule has 1 amide bonds. The van der Waals surface area contributed by atoms with Gasteiger partial charge in [-0.25, -0.2) is 4.39 Å². The van der Waals surface area contributed by atoms with Crippen molar-refractivity contribution in [2.45, 2.75) is 18.4 Å². The molecule has 21 heavy (non-hydrogen) atoms. The molecule has 3 N–H and O–H groups in total. The number of carbonyl (C=O) groups is 1. The van der Waals surface area contributed by atoms with Gasteiger partial charge in [-0.2, -0.15) is 0 Å². The number of halogens is 1. The van der Waals surface area contributed by atoms with Gasteiger partial charge >= 0.3 is 0 Å². The molecule has 0 aliphatic rings. The molecule has 0 heterocycles. The maximum absolute atomic E-state index is 12.8. The summed E-state index contributed by atoms with van der Waals surface area (Å²) >= 11 is 1.41. The van der Waals surface area contributed by atoms with E-state index in [2.05, 4.69) is 5.32 Å². The molecule has 110 valence electrons. The van der Waals surface area contributed by atoms with Crippen LogP contribution in [0.25, 0.3) is 0 Å². The summed E-state index contributed by atoms with van der Waals surface area (Å²) in [4.78, 5) is 12.7. The van der Waals surface area contributed by atoms with Crippen LogP contribution in [0.1, 0.15) is 11.1 Å². The summed E-state index contributed by atoms with van der Waals surface area (Å²) < 4.78 is 12.8. The van der Waals surface area contributed by atoms with Gasteiger partial charge in [0.2, 0.25) is 5.91 Å². The molecule has 3 nitrogen and oxygen atoms in total. The molecule has 0 aliphatic heterocycles. The summed E-state index contributed by atoms with van der Waals surface area (Å²) in [6.45, 7) is 2.38. The zero-order chi connectivity index (χ0) is 15.2. The molecule has 0 saturated carbocycles. The van der Waals surface area contributed by atoms with Crippen LogP contribution in [0.3, 0.4) is 0 Å². The lowest BCUT2D eigenvalue weighted by molar-refractivity contribution is -0.118. The second-order valence-corrected chi connectivity index (χ2v) is 5.75. The van der Waals surface area contributed by atoms with E-state index in [1.54, 1.807) is 12.1 Å². The van der Waals surface area contributed by atoms with E-state index < -0.39 is 0 Å². The van der Waals surface area contributed by atoms with Crippen molar-refractivity contribution in [1.82, 2.24) is 5.32 Å². The number of nitrogens with two attached hydrogens (primary N) is 1. The Bertz CT molecular complexity index is 629. The minimum Gasteiger partial charge on any atom is -0.398 e. The number of aryl methyl sites for hydroxylation is 1. The van der Waals surface area contributed by atoms with E-state index in [0.29, 0.717) is 18.0 Å². The van der Waals surface area contributed by atoms with Crippen LogP contribution < -0.4 is 11.1 Å². The topological polar surface area (TPSA) is 55.1 Å². The van der Waals surface area contributed by atoms with E-state index in [9.17, 15) is 9.18 Å². The van der Waals surface area contributed by atoms with Crippen molar-refractivity contribution >= 4 is 23.4 Å². The van der Waals surface area contributed by atoms with Gasteiger partial charge in [-0.3, -0.25) is 4.79 Å². The normalized spacial score (nSPS) is 10.4. The Kier molecular flexibility index (Phi) is 5.22. The molecule has 0 aromatic heterocycles. The standard InChI is InChI=1S/C16H17FN2OS/c1-11-2-7-14(18)15(8-11)21-10-16(20)19-9-12-3-5-13(17)6-4-12/h2-8H,9-10,18H2,1H3,(H,19,20). The molecule has 0 unspecified atom stereocenters. The predicted molar refractivity (Wildman–Crippen MR) is 84.6 cm³/mol. The summed E-state index contributed by atoms with van der Waals surface area (Å²) in [5, 5.41) is 2.80. The van der Waals surface area contributed by atoms with E-state index >= 15 is 0 Å². The Morgan fingerprint density at radius 3 is 2.67 bits per heavy atom. The summed E-state index contributed by atoms with van der Waals surface area (Å²) in [6, 6.07) is 11.8. The molecular weight excluding hydrogens is 287 g/mol. The van der Waals surface area contributed by atoms with Gasteiger partial charge < -0.3 is 11.1 Å². The second kappa shape index (κ2) is 7.13. The number of amides is 1. The average molecular weight is 304 g/mol. The van der Waals surface area contributed by atoms with Crippen molar-refractivity contribution in [1.29, 1.82) is 0 Å². The Hall–Kier alpha value is -2.01. The first-order valence-corrected chi connectivity index (χ1v) is 7.53. The van der Waals surface area contributed by atoms with Crippen molar-refractivity contribution in [3.8, 4) is 0 Å². The lowest BCUT2D eigenvalue weighted by Gasteiger charge is -2.08. The molecular formula is C16H17FN2OS. The van der Waals surface area contributed by atoms with Crippen LogP contribution in [0.2, 0.25) is 0 Å². The van der Waals surface area contributed by atoms with Crippen molar-refractivity contribution in [3.63, 3.8) is 0 Å². The van der Waals surface area contributed by atoms with Crippen LogP contribution in [-0.2, 0) is 11.3 Å². The van der Waals surface area contributed by atoms with E-state index in [-0.39, 0.29) is 11.7 Å². The highest BCUT2D eigenvalue weighted by molar-refractivity contribution is 8.00. The van der Waals surface area contributed by atoms with E-state index in [4.69, 9.17) is 5.73 Å². The fourth-order valence-corrected chi connectivity index (χ4v) is 2.66. The van der Waals surface area contributed by atoms with Gasteiger partial charge in [0.15, 0.2) is 0 Å². The maximum Gasteiger partial charge on any atom is 0.230 e. The molecule has 0 bridgehead atoms. The number of carbonyl (C=O) groups excluding carboxylic acids is 1. The van der Waals surface area contributed by atoms with Crippen LogP contribution in [0.4, 0.5) is 10.1 Å². The van der Waals surface area contributed by atoms with Crippen molar-refractivity contribution in [2.24, 2.45) is 0 Å². The number of nitrogen functional groups attached to an aromatic ring is 1. The fraction of sp³-hybridized carbons (Fsp3) is 0.188. The minimum atomic E-state index is -0.282. The first-order chi connectivity index (χ1) is 10.0. The third kappa shape index (κ3) is 4.79. The van der Waals surface area contributed by atoms with Gasteiger partial charge in [0.05, 0.1) is 5.75 Å². The Labute approximate surface area is 127 Å². The largest absolute Gasteiger partial charge is 0.398 e. The van der Waals surface area contributed by atoms with Gasteiger partial charge in [-0.05, 0) is 42.3 Å². The third-order valence-corrected chi connectivity index (χ3v) is 4.00. The molecule has 0 atom stereocenters. The van der Waals surface area contributed by atoms with Crippen LogP contribution >= 0.6 is 11.8 Å². The molecule has 0 aliphatic carbocycles. The molecule has 5 heteroatoms. The minimum absolute atomic E-state index is 0.0785. The summed E-state index contributed by atoms with van der Waals surface area (Å²) in [5.74, 6) is -0.0599. The predicted octanol–water partition coefficient (Wildman–Crippen LogP) is 3.12. The zero-order valence-electron chi connectivity index (χ0n) is 11.7. The van der Waals surface area contributed by atoms with Crippen LogP contribution in [0.5, 0.6) is 0 Å². The summed E-state index contributed by atoms with van der Waals surface area (Å²) in [6.07, 6.45) is 0. The highest BCUT2D eigenvalue weighted by atomic mass is 32.2. The smallest absolute Gasteiger partial charge is 0.230 e. The van der Waals surface area contributed by atoms with Gasteiger partial charge in [-0.15, -0.1) is 11.8 Å². The number of anilines is 1. The van der Waals surface area contributed by atoms with Gasteiger partial charge in [0, 0.05) is 17.1 Å². The molecule has 0 radical (unpaired) electrons. The van der Waals surface area contributed by atoms with E-state index in [0.717, 1.165) is 16.0 Å². The van der Waals surface area contributed by atoms with Crippen LogP contribution in [-0.4, -0.2) is 11.7 Å². The Balaban J connectivity index is 1.82. The number of nitrogens with one attached hydrogen (secondary N) is 1. The van der Waals surface area contributed by atoms with Crippen LogP contribution in [0.15, 0.2) is 47.4 Å². The Morgan fingerprint density at radius 2 is 1.95 bits per heavy atom. The van der Waals surface area contributed by atoms with Crippen molar-refractivity contribution in [2.75, 3.05) is 11.5 Å². The average Bonchev–Trinajstić information content (AvgIpc) is 2.47. The van der Waals surface area contributed by atoms with Crippen molar-refractivity contribution in [3.05, 3.63) is 59.4 Å². The van der Waals surface area contributed by atoms with Gasteiger partial charge in [0.1, 0.15) is 5.82 Å². The second-order valence-electron chi connectivity index (χ2n) is 4.73. The Morgan fingerprint density at radius 1 is 1.24 bits per heavy atom. The molecule has 2 rings (SSSR count). The zero-order valence-corrected chi connectivity index (χ0v) is 12.5. The van der Waals surface area contributed by atoms with Crippen molar-refractivity contribution < 1.29 is 9.18 Å². The summed E-state index contributed by atoms with van der Waals surface area (Å²) in [7, 11) is 0. The highest BCUT2D eigenvalue weighted by Gasteiger charge is 2.06. The first kappa shape index (κ1) is 15.4. The summed E-state index contributed by atoms with van der Waals surface area (Å²) in [5.41, 5.74) is 8.52. The monoisotopic (exact) mass is 304 g/mol. The molecule has 2 aromatic rings. The number of hydrogen-bond donors (Lipinski definition) is 2. The quantitative estimate of drug-likeness (QED) is 0.659.